The van der Waals surface area contributed by atoms with Crippen LogP contribution in [-0.4, -0.2) is 30.3 Å². The van der Waals surface area contributed by atoms with Gasteiger partial charge in [0.15, 0.2) is 9.84 Å². The summed E-state index contributed by atoms with van der Waals surface area (Å²) < 4.78 is 30.2. The van der Waals surface area contributed by atoms with Crippen LogP contribution in [0.15, 0.2) is 51.8 Å². The summed E-state index contributed by atoms with van der Waals surface area (Å²) in [4.78, 5) is 12.4. The SMILES string of the molecule is Cc1ccc(S(=O)(=O)CCCC(=O)Nc2nnc(-c3ccc(C)cc3C)o2)cc1. The number of anilines is 1. The number of sulfone groups is 1. The van der Waals surface area contributed by atoms with Crippen molar-refractivity contribution >= 4 is 21.8 Å². The second-order valence-corrected chi connectivity index (χ2v) is 9.12. The van der Waals surface area contributed by atoms with Crippen molar-refractivity contribution in [1.82, 2.24) is 10.2 Å². The number of aromatic nitrogens is 2. The summed E-state index contributed by atoms with van der Waals surface area (Å²) in [7, 11) is -3.42. The molecule has 0 atom stereocenters. The van der Waals surface area contributed by atoms with Gasteiger partial charge in [-0.25, -0.2) is 8.42 Å². The van der Waals surface area contributed by atoms with Gasteiger partial charge < -0.3 is 4.42 Å². The van der Waals surface area contributed by atoms with Crippen LogP contribution < -0.4 is 5.32 Å². The predicted octanol–water partition coefficient (Wildman–Crippen LogP) is 3.85. The minimum absolute atomic E-state index is 0.00799. The van der Waals surface area contributed by atoms with E-state index in [2.05, 4.69) is 15.5 Å². The van der Waals surface area contributed by atoms with Crippen molar-refractivity contribution in [1.29, 1.82) is 0 Å². The molecule has 1 heterocycles. The third kappa shape index (κ3) is 5.29. The average Bonchev–Trinajstić information content (AvgIpc) is 3.10. The van der Waals surface area contributed by atoms with E-state index in [0.29, 0.717) is 5.89 Å². The molecule has 0 fully saturated rings. The summed E-state index contributed by atoms with van der Waals surface area (Å²) in [6.07, 6.45) is 0.229. The lowest BCUT2D eigenvalue weighted by molar-refractivity contribution is -0.116. The normalized spacial score (nSPS) is 11.4. The maximum Gasteiger partial charge on any atom is 0.322 e. The second-order valence-electron chi connectivity index (χ2n) is 7.01. The number of nitrogens with one attached hydrogen (secondary N) is 1. The number of carbonyl (C=O) groups is 1. The van der Waals surface area contributed by atoms with Crippen LogP contribution >= 0.6 is 0 Å². The third-order valence-electron chi connectivity index (χ3n) is 4.48. The first-order valence-electron chi connectivity index (χ1n) is 9.25. The van der Waals surface area contributed by atoms with Crippen molar-refractivity contribution < 1.29 is 17.6 Å². The van der Waals surface area contributed by atoms with Crippen LogP contribution in [0, 0.1) is 20.8 Å². The number of benzene rings is 2. The molecule has 7 nitrogen and oxygen atoms in total. The van der Waals surface area contributed by atoms with E-state index in [9.17, 15) is 13.2 Å². The molecule has 152 valence electrons. The highest BCUT2D eigenvalue weighted by atomic mass is 32.2. The first-order chi connectivity index (χ1) is 13.7. The monoisotopic (exact) mass is 413 g/mol. The van der Waals surface area contributed by atoms with E-state index >= 15 is 0 Å². The van der Waals surface area contributed by atoms with Gasteiger partial charge in [-0.05, 0) is 51.0 Å². The average molecular weight is 413 g/mol. The molecule has 1 amide bonds. The number of amides is 1. The Morgan fingerprint density at radius 2 is 1.69 bits per heavy atom. The summed E-state index contributed by atoms with van der Waals surface area (Å²) >= 11 is 0. The fourth-order valence-electron chi connectivity index (χ4n) is 2.90. The van der Waals surface area contributed by atoms with Crippen LogP contribution in [0.5, 0.6) is 0 Å². The number of rotatable bonds is 7. The Balaban J connectivity index is 1.55. The molecule has 0 spiro atoms. The summed E-state index contributed by atoms with van der Waals surface area (Å²) in [5.41, 5.74) is 3.91. The number of hydrogen-bond donors (Lipinski definition) is 1. The smallest absolute Gasteiger partial charge is 0.322 e. The highest BCUT2D eigenvalue weighted by Crippen LogP contribution is 2.24. The van der Waals surface area contributed by atoms with E-state index in [1.165, 1.54) is 0 Å². The lowest BCUT2D eigenvalue weighted by Crippen LogP contribution is -2.14. The van der Waals surface area contributed by atoms with Crippen molar-refractivity contribution in [2.24, 2.45) is 0 Å². The lowest BCUT2D eigenvalue weighted by Gasteiger charge is -2.05. The minimum Gasteiger partial charge on any atom is -0.403 e. The Bertz CT molecular complexity index is 1120. The summed E-state index contributed by atoms with van der Waals surface area (Å²) in [6.45, 7) is 5.83. The van der Waals surface area contributed by atoms with Crippen LogP contribution in [0.25, 0.3) is 11.5 Å². The number of carbonyl (C=O) groups excluding carboxylic acids is 1. The number of hydrogen-bond acceptors (Lipinski definition) is 6. The van der Waals surface area contributed by atoms with Gasteiger partial charge in [0.25, 0.3) is 0 Å². The molecule has 0 saturated heterocycles. The Labute approximate surface area is 170 Å². The van der Waals surface area contributed by atoms with Gasteiger partial charge >= 0.3 is 6.01 Å². The molecule has 29 heavy (non-hydrogen) atoms. The third-order valence-corrected chi connectivity index (χ3v) is 6.30. The van der Waals surface area contributed by atoms with Gasteiger partial charge in [0.2, 0.25) is 11.8 Å². The van der Waals surface area contributed by atoms with Gasteiger partial charge in [0.05, 0.1) is 10.6 Å². The van der Waals surface area contributed by atoms with Crippen molar-refractivity contribution in [3.8, 4) is 11.5 Å². The van der Waals surface area contributed by atoms with Crippen molar-refractivity contribution in [3.63, 3.8) is 0 Å². The molecule has 0 aliphatic carbocycles. The highest BCUT2D eigenvalue weighted by molar-refractivity contribution is 7.91. The molecule has 0 bridgehead atoms. The first-order valence-corrected chi connectivity index (χ1v) is 10.9. The van der Waals surface area contributed by atoms with E-state index < -0.39 is 9.84 Å². The maximum absolute atomic E-state index is 12.3. The van der Waals surface area contributed by atoms with Gasteiger partial charge in [0.1, 0.15) is 0 Å². The van der Waals surface area contributed by atoms with E-state index in [1.807, 2.05) is 39.0 Å². The Morgan fingerprint density at radius 3 is 2.38 bits per heavy atom. The van der Waals surface area contributed by atoms with Gasteiger partial charge in [-0.2, -0.15) is 0 Å². The van der Waals surface area contributed by atoms with Gasteiger partial charge in [-0.3, -0.25) is 10.1 Å². The fraction of sp³-hybridized carbons (Fsp3) is 0.286. The summed E-state index contributed by atoms with van der Waals surface area (Å²) in [5, 5.41) is 10.3. The highest BCUT2D eigenvalue weighted by Gasteiger charge is 2.16. The second kappa shape index (κ2) is 8.57. The largest absolute Gasteiger partial charge is 0.403 e. The molecule has 1 aromatic heterocycles. The van der Waals surface area contributed by atoms with Crippen molar-refractivity contribution in [3.05, 3.63) is 59.2 Å². The van der Waals surface area contributed by atoms with Crippen LogP contribution in [0.1, 0.15) is 29.5 Å². The number of aryl methyl sites for hydroxylation is 3. The van der Waals surface area contributed by atoms with Gasteiger partial charge in [0, 0.05) is 12.0 Å². The molecule has 8 heteroatoms. The van der Waals surface area contributed by atoms with E-state index in [0.717, 1.165) is 22.3 Å². The topological polar surface area (TPSA) is 102 Å². The molecule has 3 aromatic rings. The van der Waals surface area contributed by atoms with Gasteiger partial charge in [-0.1, -0.05) is 40.5 Å². The zero-order valence-electron chi connectivity index (χ0n) is 16.6. The molecular weight excluding hydrogens is 390 g/mol. The fourth-order valence-corrected chi connectivity index (χ4v) is 4.21. The van der Waals surface area contributed by atoms with E-state index in [1.54, 1.807) is 24.3 Å². The van der Waals surface area contributed by atoms with Crippen molar-refractivity contribution in [2.45, 2.75) is 38.5 Å². The standard InChI is InChI=1S/C21H23N3O4S/c1-14-6-9-17(10-7-14)29(26,27)12-4-5-19(25)22-21-24-23-20(28-21)18-11-8-15(2)13-16(18)3/h6-11,13H,4-5,12H2,1-3H3,(H,22,24,25). The quantitative estimate of drug-likeness (QED) is 0.631. The van der Waals surface area contributed by atoms with Crippen LogP contribution in [0.2, 0.25) is 0 Å². The molecule has 2 aromatic carbocycles. The minimum atomic E-state index is -3.42. The molecular formula is C21H23N3O4S. The number of nitrogens with zero attached hydrogens (tertiary/aromatic N) is 2. The molecule has 0 radical (unpaired) electrons. The van der Waals surface area contributed by atoms with Gasteiger partial charge in [-0.15, -0.1) is 5.10 Å². The Kier molecular flexibility index (Phi) is 6.12. The van der Waals surface area contributed by atoms with Crippen LogP contribution in [-0.2, 0) is 14.6 Å². The zero-order chi connectivity index (χ0) is 21.0. The molecule has 0 aliphatic heterocycles. The Hall–Kier alpha value is -3.00. The van der Waals surface area contributed by atoms with E-state index in [-0.39, 0.29) is 35.4 Å². The molecule has 0 aliphatic rings. The maximum atomic E-state index is 12.3. The summed E-state index contributed by atoms with van der Waals surface area (Å²) in [5.74, 6) is -0.166. The van der Waals surface area contributed by atoms with Crippen molar-refractivity contribution in [2.75, 3.05) is 11.1 Å². The lowest BCUT2D eigenvalue weighted by atomic mass is 10.1. The molecule has 0 saturated carbocycles. The Morgan fingerprint density at radius 1 is 1.00 bits per heavy atom. The molecule has 1 N–H and O–H groups in total. The first kappa shape index (κ1) is 20.7. The summed E-state index contributed by atoms with van der Waals surface area (Å²) in [6, 6.07) is 12.5. The zero-order valence-corrected chi connectivity index (χ0v) is 17.4. The van der Waals surface area contributed by atoms with E-state index in [4.69, 9.17) is 4.42 Å². The molecule has 3 rings (SSSR count). The molecule has 0 unspecified atom stereocenters. The van der Waals surface area contributed by atoms with Crippen LogP contribution in [0.4, 0.5) is 6.01 Å². The predicted molar refractivity (Wildman–Crippen MR) is 110 cm³/mol. The van der Waals surface area contributed by atoms with Crippen LogP contribution in [0.3, 0.4) is 0 Å².